The molecule has 1 N–H and O–H groups in total. The Balaban J connectivity index is 0.00000625. The smallest absolute Gasteiger partial charge is 0.305 e. The maximum atomic E-state index is 13.0. The summed E-state index contributed by atoms with van der Waals surface area (Å²) in [6, 6.07) is 6.52. The molecule has 0 aliphatic carbocycles. The van der Waals surface area contributed by atoms with Crippen molar-refractivity contribution < 1.29 is 13.9 Å². The van der Waals surface area contributed by atoms with Crippen LogP contribution in [0.2, 0.25) is 0 Å². The van der Waals surface area contributed by atoms with Crippen molar-refractivity contribution in [2.75, 3.05) is 27.2 Å². The number of aliphatic imine (C=N–C) groups is 1. The van der Waals surface area contributed by atoms with Gasteiger partial charge in [0.05, 0.1) is 7.11 Å². The predicted molar refractivity (Wildman–Crippen MR) is 114 cm³/mol. The monoisotopic (exact) mass is 479 g/mol. The number of halogens is 2. The first-order chi connectivity index (χ1) is 12.1. The van der Waals surface area contributed by atoms with Gasteiger partial charge in [-0.25, -0.2) is 4.39 Å². The third-order valence-electron chi connectivity index (χ3n) is 3.81. The normalized spacial score (nSPS) is 10.8. The summed E-state index contributed by atoms with van der Waals surface area (Å²) in [4.78, 5) is 17.7. The molecule has 0 unspecified atom stereocenters. The summed E-state index contributed by atoms with van der Waals surface area (Å²) in [5, 5.41) is 3.28. The van der Waals surface area contributed by atoms with Crippen molar-refractivity contribution >= 4 is 35.9 Å². The minimum atomic E-state index is -0.223. The average Bonchev–Trinajstić information content (AvgIpc) is 2.61. The van der Waals surface area contributed by atoms with Gasteiger partial charge in [0.1, 0.15) is 5.82 Å². The number of methoxy groups -OCH3 is 1. The van der Waals surface area contributed by atoms with E-state index >= 15 is 0 Å². The highest BCUT2D eigenvalue weighted by Gasteiger charge is 2.06. The van der Waals surface area contributed by atoms with Crippen molar-refractivity contribution in [3.8, 4) is 0 Å². The van der Waals surface area contributed by atoms with E-state index in [0.717, 1.165) is 50.3 Å². The lowest BCUT2D eigenvalue weighted by Gasteiger charge is -2.22. The number of carbonyl (C=O) groups excluding carboxylic acids is 1. The number of ether oxygens (including phenoxy) is 1. The van der Waals surface area contributed by atoms with Crippen LogP contribution < -0.4 is 5.32 Å². The van der Waals surface area contributed by atoms with Gasteiger partial charge in [0.15, 0.2) is 5.96 Å². The third kappa shape index (κ3) is 10.6. The lowest BCUT2D eigenvalue weighted by atomic mass is 10.1. The molecule has 0 aliphatic rings. The topological polar surface area (TPSA) is 53.9 Å². The highest BCUT2D eigenvalue weighted by Crippen LogP contribution is 2.07. The number of hydrogen-bond acceptors (Lipinski definition) is 3. The minimum Gasteiger partial charge on any atom is -0.469 e. The second-order valence-corrected chi connectivity index (χ2v) is 5.96. The maximum Gasteiger partial charge on any atom is 0.305 e. The van der Waals surface area contributed by atoms with Crippen LogP contribution in [-0.2, 0) is 16.1 Å². The van der Waals surface area contributed by atoms with Crippen LogP contribution in [0.4, 0.5) is 4.39 Å². The van der Waals surface area contributed by atoms with E-state index in [9.17, 15) is 9.18 Å². The molecule has 148 valence electrons. The van der Waals surface area contributed by atoms with Gasteiger partial charge in [-0.15, -0.1) is 24.0 Å². The van der Waals surface area contributed by atoms with Gasteiger partial charge in [0.2, 0.25) is 0 Å². The lowest BCUT2D eigenvalue weighted by Crippen LogP contribution is -2.38. The van der Waals surface area contributed by atoms with E-state index in [1.165, 1.54) is 19.2 Å². The molecule has 0 aliphatic heterocycles. The van der Waals surface area contributed by atoms with Crippen LogP contribution in [0.1, 0.15) is 44.6 Å². The number of hydrogen-bond donors (Lipinski definition) is 1. The van der Waals surface area contributed by atoms with Crippen molar-refractivity contribution in [2.45, 2.75) is 45.6 Å². The fraction of sp³-hybridized carbons (Fsp3) is 0.579. The van der Waals surface area contributed by atoms with Gasteiger partial charge in [-0.05, 0) is 37.5 Å². The quantitative estimate of drug-likeness (QED) is 0.182. The molecule has 0 amide bonds. The Kier molecular flexibility index (Phi) is 14.0. The van der Waals surface area contributed by atoms with E-state index in [1.54, 1.807) is 12.1 Å². The molecule has 1 rings (SSSR count). The van der Waals surface area contributed by atoms with Crippen LogP contribution in [0, 0.1) is 5.82 Å². The molecule has 0 saturated heterocycles. The predicted octanol–water partition coefficient (Wildman–Crippen LogP) is 3.96. The zero-order valence-corrected chi connectivity index (χ0v) is 18.3. The second-order valence-electron chi connectivity index (χ2n) is 5.96. The van der Waals surface area contributed by atoms with E-state index < -0.39 is 0 Å². The van der Waals surface area contributed by atoms with E-state index in [-0.39, 0.29) is 35.8 Å². The number of esters is 1. The molecule has 0 fully saturated rings. The van der Waals surface area contributed by atoms with Crippen LogP contribution in [0.15, 0.2) is 29.3 Å². The first-order valence-electron chi connectivity index (χ1n) is 8.87. The lowest BCUT2D eigenvalue weighted by molar-refractivity contribution is -0.140. The van der Waals surface area contributed by atoms with Crippen molar-refractivity contribution in [1.29, 1.82) is 0 Å². The molecular weight excluding hydrogens is 448 g/mol. The zero-order chi connectivity index (χ0) is 18.5. The highest BCUT2D eigenvalue weighted by atomic mass is 127. The molecule has 0 radical (unpaired) electrons. The van der Waals surface area contributed by atoms with Crippen molar-refractivity contribution in [1.82, 2.24) is 10.2 Å². The summed E-state index contributed by atoms with van der Waals surface area (Å²) in [5.74, 6) is 0.482. The Morgan fingerprint density at radius 2 is 1.85 bits per heavy atom. The molecule has 1 aromatic carbocycles. The minimum absolute atomic E-state index is 0. The highest BCUT2D eigenvalue weighted by molar-refractivity contribution is 14.0. The first kappa shape index (κ1) is 24.6. The largest absolute Gasteiger partial charge is 0.469 e. The second kappa shape index (κ2) is 14.8. The fourth-order valence-electron chi connectivity index (χ4n) is 2.43. The van der Waals surface area contributed by atoms with Crippen LogP contribution >= 0.6 is 24.0 Å². The summed E-state index contributed by atoms with van der Waals surface area (Å²) in [6.07, 6.45) is 4.39. The fourth-order valence-corrected chi connectivity index (χ4v) is 2.43. The molecule has 0 atom stereocenters. The molecule has 5 nitrogen and oxygen atoms in total. The first-order valence-corrected chi connectivity index (χ1v) is 8.87. The summed E-state index contributed by atoms with van der Waals surface area (Å²) in [5.41, 5.74) is 1.04. The van der Waals surface area contributed by atoms with Crippen molar-refractivity contribution in [3.63, 3.8) is 0 Å². The number of rotatable bonds is 10. The van der Waals surface area contributed by atoms with Gasteiger partial charge >= 0.3 is 5.97 Å². The average molecular weight is 479 g/mol. The molecule has 7 heteroatoms. The van der Waals surface area contributed by atoms with E-state index in [1.807, 2.05) is 18.9 Å². The standard InChI is InChI=1S/C19H30FN3O2.HI/c1-4-21-19(22-14-8-6-5-7-9-18(24)25-3)23(2)15-16-10-12-17(20)13-11-16;/h10-13H,4-9,14-15H2,1-3H3,(H,21,22);1H. The Morgan fingerprint density at radius 1 is 1.19 bits per heavy atom. The Labute approximate surface area is 173 Å². The summed E-state index contributed by atoms with van der Waals surface area (Å²) >= 11 is 0. The van der Waals surface area contributed by atoms with Crippen LogP contribution in [0.25, 0.3) is 0 Å². The number of guanidine groups is 1. The molecule has 0 heterocycles. The molecule has 0 aromatic heterocycles. The van der Waals surface area contributed by atoms with Gasteiger partial charge < -0.3 is 15.0 Å². The van der Waals surface area contributed by atoms with Gasteiger partial charge in [0, 0.05) is 33.1 Å². The number of unbranched alkanes of at least 4 members (excludes halogenated alkanes) is 3. The molecule has 1 aromatic rings. The third-order valence-corrected chi connectivity index (χ3v) is 3.81. The molecule has 0 saturated carbocycles. The Hall–Kier alpha value is -1.38. The van der Waals surface area contributed by atoms with E-state index in [0.29, 0.717) is 13.0 Å². The zero-order valence-electron chi connectivity index (χ0n) is 16.0. The summed E-state index contributed by atoms with van der Waals surface area (Å²) in [6.45, 7) is 4.25. The Morgan fingerprint density at radius 3 is 2.46 bits per heavy atom. The van der Waals surface area contributed by atoms with Gasteiger partial charge in [0.25, 0.3) is 0 Å². The van der Waals surface area contributed by atoms with Crippen molar-refractivity contribution in [2.24, 2.45) is 4.99 Å². The number of carbonyl (C=O) groups is 1. The number of benzene rings is 1. The molecule has 26 heavy (non-hydrogen) atoms. The van der Waals surface area contributed by atoms with Gasteiger partial charge in [-0.3, -0.25) is 9.79 Å². The summed E-state index contributed by atoms with van der Waals surface area (Å²) in [7, 11) is 3.39. The number of nitrogens with one attached hydrogen (secondary N) is 1. The van der Waals surface area contributed by atoms with E-state index in [2.05, 4.69) is 15.0 Å². The Bertz CT molecular complexity index is 538. The van der Waals surface area contributed by atoms with Gasteiger partial charge in [-0.2, -0.15) is 0 Å². The molecular formula is C19H31FIN3O2. The van der Waals surface area contributed by atoms with Crippen molar-refractivity contribution in [3.05, 3.63) is 35.6 Å². The maximum absolute atomic E-state index is 13.0. The SMILES string of the molecule is CCNC(=NCCCCCCC(=O)OC)N(C)Cc1ccc(F)cc1.I. The van der Waals surface area contributed by atoms with Crippen LogP contribution in [0.3, 0.4) is 0 Å². The van der Waals surface area contributed by atoms with E-state index in [4.69, 9.17) is 0 Å². The van der Waals surface area contributed by atoms with Crippen LogP contribution in [0.5, 0.6) is 0 Å². The van der Waals surface area contributed by atoms with Crippen LogP contribution in [-0.4, -0.2) is 44.1 Å². The summed E-state index contributed by atoms with van der Waals surface area (Å²) < 4.78 is 17.6. The van der Waals surface area contributed by atoms with Gasteiger partial charge in [-0.1, -0.05) is 25.0 Å². The molecule has 0 spiro atoms. The number of nitrogens with zero attached hydrogens (tertiary/aromatic N) is 2. The molecule has 0 bridgehead atoms.